The maximum Gasteiger partial charge on any atom is 0.329 e. The predicted octanol–water partition coefficient (Wildman–Crippen LogP) is 3.08. The van der Waals surface area contributed by atoms with Crippen LogP contribution in [-0.2, 0) is 9.59 Å². The molecule has 1 aliphatic carbocycles. The van der Waals surface area contributed by atoms with E-state index in [4.69, 9.17) is 0 Å². The molecule has 2 N–H and O–H groups in total. The van der Waals surface area contributed by atoms with E-state index in [0.29, 0.717) is 0 Å². The Morgan fingerprint density at radius 1 is 0.957 bits per heavy atom. The Kier molecular flexibility index (Phi) is 6.78. The van der Waals surface area contributed by atoms with Crippen molar-refractivity contribution in [1.82, 2.24) is 10.7 Å². The van der Waals surface area contributed by atoms with Gasteiger partial charge in [-0.2, -0.15) is 5.10 Å². The van der Waals surface area contributed by atoms with Crippen LogP contribution in [0.25, 0.3) is 0 Å². The van der Waals surface area contributed by atoms with E-state index in [-0.39, 0.29) is 6.04 Å². The lowest BCUT2D eigenvalue weighted by Crippen LogP contribution is -2.39. The number of carbonyl (C=O) groups is 2. The fourth-order valence-electron chi connectivity index (χ4n) is 2.69. The molecule has 1 aliphatic rings. The van der Waals surface area contributed by atoms with Crippen LogP contribution in [0, 0.1) is 0 Å². The zero-order valence-electron chi connectivity index (χ0n) is 13.7. The van der Waals surface area contributed by atoms with Gasteiger partial charge in [0.2, 0.25) is 0 Å². The maximum atomic E-state index is 11.9. The minimum Gasteiger partial charge on any atom is -0.341 e. The average molecular weight is 315 g/mol. The Labute approximate surface area is 137 Å². The first kappa shape index (κ1) is 17.2. The molecule has 0 saturated heterocycles. The lowest BCUT2D eigenvalue weighted by Gasteiger charge is -2.14. The Morgan fingerprint density at radius 3 is 2.22 bits per heavy atom. The van der Waals surface area contributed by atoms with Gasteiger partial charge < -0.3 is 5.32 Å². The Bertz CT molecular complexity index is 545. The normalized spacial score (nSPS) is 16.7. The molecule has 0 unspecified atom stereocenters. The van der Waals surface area contributed by atoms with Crippen molar-refractivity contribution in [2.24, 2.45) is 5.10 Å². The van der Waals surface area contributed by atoms with Crippen LogP contribution in [0.3, 0.4) is 0 Å². The molecule has 23 heavy (non-hydrogen) atoms. The molecule has 1 aromatic carbocycles. The molecule has 1 saturated carbocycles. The zero-order chi connectivity index (χ0) is 16.5. The average Bonchev–Trinajstić information content (AvgIpc) is 2.54. The van der Waals surface area contributed by atoms with Crippen molar-refractivity contribution in [1.29, 1.82) is 0 Å². The number of amides is 2. The second kappa shape index (κ2) is 9.08. The quantitative estimate of drug-likeness (QED) is 0.664. The minimum atomic E-state index is -0.706. The molecule has 0 aliphatic heterocycles. The number of carbonyl (C=O) groups excluding carboxylic acids is 2. The second-order valence-electron chi connectivity index (χ2n) is 5.99. The molecule has 2 rings (SSSR count). The van der Waals surface area contributed by atoms with Crippen LogP contribution in [0.15, 0.2) is 35.4 Å². The van der Waals surface area contributed by atoms with E-state index in [2.05, 4.69) is 15.8 Å². The first-order valence-electron chi connectivity index (χ1n) is 8.38. The van der Waals surface area contributed by atoms with Crippen LogP contribution < -0.4 is 10.7 Å². The van der Waals surface area contributed by atoms with Crippen molar-refractivity contribution in [2.45, 2.75) is 57.9 Å². The molecule has 1 aromatic rings. The van der Waals surface area contributed by atoms with Crippen LogP contribution in [0.1, 0.15) is 63.5 Å². The van der Waals surface area contributed by atoms with E-state index >= 15 is 0 Å². The Morgan fingerprint density at radius 2 is 1.57 bits per heavy atom. The third-order valence-corrected chi connectivity index (χ3v) is 4.10. The van der Waals surface area contributed by atoms with Crippen LogP contribution in [0.5, 0.6) is 0 Å². The first-order chi connectivity index (χ1) is 11.2. The van der Waals surface area contributed by atoms with Crippen LogP contribution in [-0.4, -0.2) is 17.5 Å². The van der Waals surface area contributed by atoms with Gasteiger partial charge >= 0.3 is 11.8 Å². The third kappa shape index (κ3) is 5.85. The summed E-state index contributed by atoms with van der Waals surface area (Å²) >= 11 is 0. The molecule has 0 heterocycles. The van der Waals surface area contributed by atoms with Crippen molar-refractivity contribution in [3.8, 4) is 0 Å². The summed E-state index contributed by atoms with van der Waals surface area (Å²) in [7, 11) is 0. The molecule has 0 aromatic heterocycles. The van der Waals surface area contributed by atoms with Crippen molar-refractivity contribution in [3.63, 3.8) is 0 Å². The van der Waals surface area contributed by atoms with Gasteiger partial charge in [0.1, 0.15) is 0 Å². The van der Waals surface area contributed by atoms with E-state index in [0.717, 1.165) is 37.0 Å². The van der Waals surface area contributed by atoms with Crippen LogP contribution >= 0.6 is 0 Å². The smallest absolute Gasteiger partial charge is 0.329 e. The minimum absolute atomic E-state index is 0.219. The summed E-state index contributed by atoms with van der Waals surface area (Å²) in [5.41, 5.74) is 4.34. The van der Waals surface area contributed by atoms with Gasteiger partial charge in [0.15, 0.2) is 0 Å². The molecule has 0 bridgehead atoms. The first-order valence-corrected chi connectivity index (χ1v) is 8.38. The van der Waals surface area contributed by atoms with Gasteiger partial charge in [0.05, 0.1) is 6.04 Å². The SMILES string of the molecule is C[C@H](NC(=O)C(=O)NN=C1CCCCCCC1)c1ccccc1. The number of nitrogens with zero attached hydrogens (tertiary/aromatic N) is 1. The molecule has 1 atom stereocenters. The highest BCUT2D eigenvalue weighted by molar-refractivity contribution is 6.35. The molecule has 124 valence electrons. The van der Waals surface area contributed by atoms with Crippen molar-refractivity contribution in [2.75, 3.05) is 0 Å². The topological polar surface area (TPSA) is 70.6 Å². The number of hydrogen-bond acceptors (Lipinski definition) is 3. The summed E-state index contributed by atoms with van der Waals surface area (Å²) < 4.78 is 0. The molecule has 5 heteroatoms. The van der Waals surface area contributed by atoms with Crippen molar-refractivity contribution >= 4 is 17.5 Å². The van der Waals surface area contributed by atoms with E-state index in [1.165, 1.54) is 19.3 Å². The van der Waals surface area contributed by atoms with Gasteiger partial charge in [-0.1, -0.05) is 49.6 Å². The molecule has 1 fully saturated rings. The van der Waals surface area contributed by atoms with Gasteiger partial charge in [0.25, 0.3) is 0 Å². The van der Waals surface area contributed by atoms with Crippen LogP contribution in [0.4, 0.5) is 0 Å². The number of hydrogen-bond donors (Lipinski definition) is 2. The van der Waals surface area contributed by atoms with E-state index in [1.54, 1.807) is 0 Å². The fraction of sp³-hybridized carbons (Fsp3) is 0.500. The van der Waals surface area contributed by atoms with Gasteiger partial charge in [0, 0.05) is 5.71 Å². The number of rotatable bonds is 3. The summed E-state index contributed by atoms with van der Waals surface area (Å²) in [6.45, 7) is 1.85. The molecule has 2 amide bonds. The van der Waals surface area contributed by atoms with E-state index < -0.39 is 11.8 Å². The summed E-state index contributed by atoms with van der Waals surface area (Å²) in [6.07, 6.45) is 7.71. The highest BCUT2D eigenvalue weighted by atomic mass is 16.2. The number of benzene rings is 1. The molecular formula is C18H25N3O2. The fourth-order valence-corrected chi connectivity index (χ4v) is 2.69. The number of nitrogens with one attached hydrogen (secondary N) is 2. The summed E-state index contributed by atoms with van der Waals surface area (Å²) in [5, 5.41) is 6.83. The maximum absolute atomic E-state index is 11.9. The number of hydrazone groups is 1. The molecule has 0 spiro atoms. The van der Waals surface area contributed by atoms with E-state index in [9.17, 15) is 9.59 Å². The summed E-state index contributed by atoms with van der Waals surface area (Å²) in [5.74, 6) is -1.36. The highest BCUT2D eigenvalue weighted by Gasteiger charge is 2.17. The van der Waals surface area contributed by atoms with Gasteiger partial charge in [-0.05, 0) is 38.2 Å². The predicted molar refractivity (Wildman–Crippen MR) is 90.9 cm³/mol. The lowest BCUT2D eigenvalue weighted by atomic mass is 9.99. The van der Waals surface area contributed by atoms with Crippen molar-refractivity contribution in [3.05, 3.63) is 35.9 Å². The molecular weight excluding hydrogens is 290 g/mol. The summed E-state index contributed by atoms with van der Waals surface area (Å²) in [4.78, 5) is 23.8. The third-order valence-electron chi connectivity index (χ3n) is 4.10. The van der Waals surface area contributed by atoms with Gasteiger partial charge in [-0.3, -0.25) is 9.59 Å². The zero-order valence-corrected chi connectivity index (χ0v) is 13.7. The lowest BCUT2D eigenvalue weighted by molar-refractivity contribution is -0.139. The Balaban J connectivity index is 1.83. The monoisotopic (exact) mass is 315 g/mol. The van der Waals surface area contributed by atoms with Gasteiger partial charge in [-0.15, -0.1) is 0 Å². The highest BCUT2D eigenvalue weighted by Crippen LogP contribution is 2.14. The molecule has 5 nitrogen and oxygen atoms in total. The second-order valence-corrected chi connectivity index (χ2v) is 5.99. The van der Waals surface area contributed by atoms with Gasteiger partial charge in [-0.25, -0.2) is 5.43 Å². The standard InChI is InChI=1S/C18H25N3O2/c1-14(15-10-6-5-7-11-15)19-17(22)18(23)21-20-16-12-8-3-2-4-9-13-16/h5-7,10-11,14H,2-4,8-9,12-13H2,1H3,(H,19,22)(H,21,23)/t14-/m0/s1. The molecule has 0 radical (unpaired) electrons. The van der Waals surface area contributed by atoms with Crippen molar-refractivity contribution < 1.29 is 9.59 Å². The van der Waals surface area contributed by atoms with E-state index in [1.807, 2.05) is 37.3 Å². The largest absolute Gasteiger partial charge is 0.341 e. The summed E-state index contributed by atoms with van der Waals surface area (Å²) in [6, 6.07) is 9.33. The van der Waals surface area contributed by atoms with Crippen LogP contribution in [0.2, 0.25) is 0 Å². The Hall–Kier alpha value is -2.17.